The van der Waals surface area contributed by atoms with Crippen molar-refractivity contribution in [1.29, 1.82) is 0 Å². The third-order valence-corrected chi connectivity index (χ3v) is 3.61. The Morgan fingerprint density at radius 2 is 2.19 bits per heavy atom. The molecule has 6 nitrogen and oxygen atoms in total. The van der Waals surface area contributed by atoms with Crippen molar-refractivity contribution in [3.05, 3.63) is 42.5 Å². The first-order chi connectivity index (χ1) is 10.3. The number of rotatable bonds is 5. The van der Waals surface area contributed by atoms with Gasteiger partial charge in [-0.25, -0.2) is 0 Å². The zero-order valence-corrected chi connectivity index (χ0v) is 12.1. The molecule has 1 aromatic carbocycles. The molecule has 1 aliphatic rings. The molecule has 0 bridgehead atoms. The molecule has 110 valence electrons. The van der Waals surface area contributed by atoms with Crippen LogP contribution in [0.4, 0.5) is 5.95 Å². The SMILES string of the molecule is C=CCOC1CCN(c2nnnn2-c2ccc(C)cc2)C1. The zero-order chi connectivity index (χ0) is 14.7. The maximum atomic E-state index is 5.70. The summed E-state index contributed by atoms with van der Waals surface area (Å²) >= 11 is 0. The Hall–Kier alpha value is -2.21. The van der Waals surface area contributed by atoms with Gasteiger partial charge in [0.25, 0.3) is 0 Å². The molecule has 0 N–H and O–H groups in total. The van der Waals surface area contributed by atoms with Crippen LogP contribution in [-0.2, 0) is 4.74 Å². The van der Waals surface area contributed by atoms with Crippen LogP contribution in [0.15, 0.2) is 36.9 Å². The van der Waals surface area contributed by atoms with E-state index in [9.17, 15) is 0 Å². The predicted octanol–water partition coefficient (Wildman–Crippen LogP) is 1.75. The highest BCUT2D eigenvalue weighted by molar-refractivity contribution is 5.42. The van der Waals surface area contributed by atoms with E-state index in [1.807, 2.05) is 12.1 Å². The van der Waals surface area contributed by atoms with E-state index < -0.39 is 0 Å². The van der Waals surface area contributed by atoms with Gasteiger partial charge in [0.15, 0.2) is 0 Å². The summed E-state index contributed by atoms with van der Waals surface area (Å²) in [7, 11) is 0. The standard InChI is InChI=1S/C15H19N5O/c1-3-10-21-14-8-9-19(11-14)15-16-17-18-20(15)13-6-4-12(2)5-7-13/h3-7,14H,1,8-11H2,2H3. The third-order valence-electron chi connectivity index (χ3n) is 3.61. The molecular formula is C15H19N5O. The molecule has 0 saturated carbocycles. The minimum absolute atomic E-state index is 0.214. The predicted molar refractivity (Wildman–Crippen MR) is 80.7 cm³/mol. The lowest BCUT2D eigenvalue weighted by Crippen LogP contribution is -2.25. The van der Waals surface area contributed by atoms with Crippen LogP contribution < -0.4 is 4.90 Å². The second-order valence-electron chi connectivity index (χ2n) is 5.20. The van der Waals surface area contributed by atoms with Crippen molar-refractivity contribution in [2.24, 2.45) is 0 Å². The van der Waals surface area contributed by atoms with Gasteiger partial charge >= 0.3 is 0 Å². The number of nitrogens with zero attached hydrogens (tertiary/aromatic N) is 5. The molecule has 1 unspecified atom stereocenters. The van der Waals surface area contributed by atoms with E-state index in [1.54, 1.807) is 10.8 Å². The van der Waals surface area contributed by atoms with Crippen LogP contribution in [0.2, 0.25) is 0 Å². The largest absolute Gasteiger partial charge is 0.372 e. The first-order valence-electron chi connectivity index (χ1n) is 7.11. The minimum Gasteiger partial charge on any atom is -0.372 e. The van der Waals surface area contributed by atoms with Crippen LogP contribution in [0.1, 0.15) is 12.0 Å². The lowest BCUT2D eigenvalue weighted by atomic mass is 10.2. The monoisotopic (exact) mass is 285 g/mol. The van der Waals surface area contributed by atoms with Gasteiger partial charge in [-0.3, -0.25) is 0 Å². The van der Waals surface area contributed by atoms with Crippen LogP contribution in [0, 0.1) is 6.92 Å². The van der Waals surface area contributed by atoms with Gasteiger partial charge in [-0.15, -0.1) is 6.58 Å². The van der Waals surface area contributed by atoms with E-state index >= 15 is 0 Å². The van der Waals surface area contributed by atoms with Gasteiger partial charge in [0, 0.05) is 13.1 Å². The van der Waals surface area contributed by atoms with Crippen LogP contribution in [0.5, 0.6) is 0 Å². The Balaban J connectivity index is 1.77. The van der Waals surface area contributed by atoms with Crippen molar-refractivity contribution in [1.82, 2.24) is 20.2 Å². The lowest BCUT2D eigenvalue weighted by Gasteiger charge is -2.17. The number of anilines is 1. The molecule has 2 aromatic rings. The van der Waals surface area contributed by atoms with E-state index in [0.717, 1.165) is 31.1 Å². The van der Waals surface area contributed by atoms with Gasteiger partial charge < -0.3 is 9.64 Å². The van der Waals surface area contributed by atoms with Gasteiger partial charge in [-0.2, -0.15) is 4.68 Å². The molecule has 0 amide bonds. The molecule has 21 heavy (non-hydrogen) atoms. The number of ether oxygens (including phenoxy) is 1. The maximum Gasteiger partial charge on any atom is 0.250 e. The van der Waals surface area contributed by atoms with Gasteiger partial charge in [-0.05, 0) is 35.9 Å². The van der Waals surface area contributed by atoms with Crippen LogP contribution in [0.3, 0.4) is 0 Å². The number of aromatic nitrogens is 4. The topological polar surface area (TPSA) is 56.1 Å². The minimum atomic E-state index is 0.214. The average molecular weight is 285 g/mol. The third kappa shape index (κ3) is 2.95. The van der Waals surface area contributed by atoms with Crippen molar-refractivity contribution in [2.75, 3.05) is 24.6 Å². The molecule has 2 heterocycles. The second-order valence-corrected chi connectivity index (χ2v) is 5.20. The molecule has 1 aliphatic heterocycles. The summed E-state index contributed by atoms with van der Waals surface area (Å²) in [6, 6.07) is 8.16. The normalized spacial score (nSPS) is 18.1. The maximum absolute atomic E-state index is 5.70. The van der Waals surface area contributed by atoms with Crippen molar-refractivity contribution in [3.8, 4) is 5.69 Å². The fourth-order valence-electron chi connectivity index (χ4n) is 2.48. The fourth-order valence-corrected chi connectivity index (χ4v) is 2.48. The Bertz CT molecular complexity index is 607. The van der Waals surface area contributed by atoms with Gasteiger partial charge in [0.1, 0.15) is 0 Å². The fraction of sp³-hybridized carbons (Fsp3) is 0.400. The van der Waals surface area contributed by atoms with E-state index in [2.05, 4.69) is 46.1 Å². The highest BCUT2D eigenvalue weighted by atomic mass is 16.5. The number of benzene rings is 1. The molecule has 1 saturated heterocycles. The highest BCUT2D eigenvalue weighted by Gasteiger charge is 2.27. The first kappa shape index (κ1) is 13.8. The van der Waals surface area contributed by atoms with Gasteiger partial charge in [0.05, 0.1) is 18.4 Å². The summed E-state index contributed by atoms with van der Waals surface area (Å²) in [5.41, 5.74) is 2.18. The first-order valence-corrected chi connectivity index (χ1v) is 7.11. The number of hydrogen-bond acceptors (Lipinski definition) is 5. The van der Waals surface area contributed by atoms with E-state index in [1.165, 1.54) is 5.56 Å². The average Bonchev–Trinajstić information content (AvgIpc) is 3.14. The summed E-state index contributed by atoms with van der Waals surface area (Å²) in [5.74, 6) is 0.767. The molecule has 1 aromatic heterocycles. The van der Waals surface area contributed by atoms with Crippen LogP contribution in [-0.4, -0.2) is 46.0 Å². The Labute approximate surface area is 124 Å². The molecule has 6 heteroatoms. The second kappa shape index (κ2) is 6.05. The molecule has 3 rings (SSSR count). The number of aryl methyl sites for hydroxylation is 1. The van der Waals surface area contributed by atoms with Crippen molar-refractivity contribution in [3.63, 3.8) is 0 Å². The Kier molecular flexibility index (Phi) is 3.96. The summed E-state index contributed by atoms with van der Waals surface area (Å²) in [5, 5.41) is 12.1. The number of tetrazole rings is 1. The Morgan fingerprint density at radius 3 is 2.95 bits per heavy atom. The van der Waals surface area contributed by atoms with Crippen LogP contribution >= 0.6 is 0 Å². The molecule has 1 atom stereocenters. The molecule has 0 spiro atoms. The van der Waals surface area contributed by atoms with Crippen LogP contribution in [0.25, 0.3) is 5.69 Å². The van der Waals surface area contributed by atoms with E-state index in [0.29, 0.717) is 6.61 Å². The summed E-state index contributed by atoms with van der Waals surface area (Å²) in [4.78, 5) is 2.16. The molecular weight excluding hydrogens is 266 g/mol. The van der Waals surface area contributed by atoms with Crippen molar-refractivity contribution in [2.45, 2.75) is 19.4 Å². The highest BCUT2D eigenvalue weighted by Crippen LogP contribution is 2.21. The summed E-state index contributed by atoms with van der Waals surface area (Å²) < 4.78 is 7.48. The number of hydrogen-bond donors (Lipinski definition) is 0. The van der Waals surface area contributed by atoms with Crippen molar-refractivity contribution < 1.29 is 4.74 Å². The molecule has 1 fully saturated rings. The zero-order valence-electron chi connectivity index (χ0n) is 12.1. The van der Waals surface area contributed by atoms with Gasteiger partial charge in [-0.1, -0.05) is 28.9 Å². The Morgan fingerprint density at radius 1 is 1.38 bits per heavy atom. The van der Waals surface area contributed by atoms with E-state index in [-0.39, 0.29) is 6.10 Å². The quantitative estimate of drug-likeness (QED) is 0.783. The van der Waals surface area contributed by atoms with Gasteiger partial charge in [0.2, 0.25) is 5.95 Å². The molecule has 0 radical (unpaired) electrons. The van der Waals surface area contributed by atoms with E-state index in [4.69, 9.17) is 4.74 Å². The smallest absolute Gasteiger partial charge is 0.250 e. The summed E-state index contributed by atoms with van der Waals surface area (Å²) in [6.07, 6.45) is 2.97. The van der Waals surface area contributed by atoms with Crippen molar-refractivity contribution >= 4 is 5.95 Å². The molecule has 0 aliphatic carbocycles. The lowest BCUT2D eigenvalue weighted by molar-refractivity contribution is 0.0908. The summed E-state index contributed by atoms with van der Waals surface area (Å²) in [6.45, 7) is 8.03.